The number of carbonyl (C=O) groups excluding carboxylic acids is 3. The number of amides is 2. The highest BCUT2D eigenvalue weighted by molar-refractivity contribution is 9.09. The number of benzene rings is 1. The van der Waals surface area contributed by atoms with Crippen molar-refractivity contribution in [3.63, 3.8) is 0 Å². The predicted molar refractivity (Wildman–Crippen MR) is 164 cm³/mol. The second-order valence-corrected chi connectivity index (χ2v) is 13.8. The van der Waals surface area contributed by atoms with Crippen LogP contribution >= 0.6 is 27.7 Å². The van der Waals surface area contributed by atoms with Crippen LogP contribution in [0.1, 0.15) is 49.7 Å². The summed E-state index contributed by atoms with van der Waals surface area (Å²) in [4.78, 5) is 45.9. The number of aryl methyl sites for hydroxylation is 2. The van der Waals surface area contributed by atoms with E-state index in [-0.39, 0.29) is 41.1 Å². The first kappa shape index (κ1) is 30.8. The standard InChI is InChI=1S/C31H41BrN2O5S/c1-5-7-17-39-30(38)24-25-28(36)34(15-10-8-9-11-16-35)27(31(25)19-22(32)26(24)40-31)29(37)33(14-6-2)23-18-20(3)12-13-21(23)4/h5-6,12-13,18,22,24-27,35H,1-2,7-11,14-17,19H2,3-4H3/t22?,24-,25-,26-,27?,31?/m0/s1. The van der Waals surface area contributed by atoms with Crippen molar-refractivity contribution in [2.75, 3.05) is 31.2 Å². The zero-order valence-corrected chi connectivity index (χ0v) is 25.9. The fourth-order valence-electron chi connectivity index (χ4n) is 6.60. The summed E-state index contributed by atoms with van der Waals surface area (Å²) < 4.78 is 4.89. The van der Waals surface area contributed by atoms with Crippen LogP contribution in [0, 0.1) is 25.7 Å². The molecule has 3 heterocycles. The van der Waals surface area contributed by atoms with Gasteiger partial charge >= 0.3 is 5.97 Å². The molecule has 1 N–H and O–H groups in total. The highest BCUT2D eigenvalue weighted by Gasteiger charge is 2.76. The Balaban J connectivity index is 1.73. The molecule has 1 aromatic carbocycles. The maximum Gasteiger partial charge on any atom is 0.310 e. The lowest BCUT2D eigenvalue weighted by Crippen LogP contribution is -2.55. The summed E-state index contributed by atoms with van der Waals surface area (Å²) in [5.41, 5.74) is 2.83. The fraction of sp³-hybridized carbons (Fsp3) is 0.581. The largest absolute Gasteiger partial charge is 0.465 e. The van der Waals surface area contributed by atoms with E-state index >= 15 is 0 Å². The van der Waals surface area contributed by atoms with Gasteiger partial charge in [-0.3, -0.25) is 14.4 Å². The van der Waals surface area contributed by atoms with Gasteiger partial charge in [0.2, 0.25) is 5.91 Å². The first-order valence-corrected chi connectivity index (χ1v) is 16.0. The Morgan fingerprint density at radius 3 is 2.67 bits per heavy atom. The maximum atomic E-state index is 14.7. The minimum absolute atomic E-state index is 0.00753. The number of likely N-dealkylation sites (tertiary alicyclic amines) is 1. The maximum absolute atomic E-state index is 14.7. The van der Waals surface area contributed by atoms with Gasteiger partial charge < -0.3 is 19.6 Å². The number of anilines is 1. The first-order valence-electron chi connectivity index (χ1n) is 14.2. The number of hydrogen-bond donors (Lipinski definition) is 1. The lowest BCUT2D eigenvalue weighted by molar-refractivity contribution is -0.154. The SMILES string of the molecule is C=CCCOC(=O)[C@H]1[C@H]2C(=O)N(CCCCCCO)C(C(=O)N(CC=C)c3cc(C)ccc3C)C23CC(Br)[C@@H]1S3. The van der Waals surface area contributed by atoms with Gasteiger partial charge in [0.25, 0.3) is 5.91 Å². The van der Waals surface area contributed by atoms with E-state index in [0.717, 1.165) is 36.1 Å². The molecule has 4 rings (SSSR count). The fourth-order valence-corrected chi connectivity index (χ4v) is 10.2. The Morgan fingerprint density at radius 2 is 1.98 bits per heavy atom. The van der Waals surface area contributed by atoms with Gasteiger partial charge in [-0.2, -0.15) is 0 Å². The van der Waals surface area contributed by atoms with Crippen LogP contribution in [0.2, 0.25) is 0 Å². The minimum Gasteiger partial charge on any atom is -0.465 e. The van der Waals surface area contributed by atoms with E-state index in [1.165, 1.54) is 0 Å². The lowest BCUT2D eigenvalue weighted by Gasteiger charge is -2.38. The van der Waals surface area contributed by atoms with Crippen LogP contribution in [-0.2, 0) is 19.1 Å². The van der Waals surface area contributed by atoms with Crippen molar-refractivity contribution in [3.05, 3.63) is 54.6 Å². The molecule has 9 heteroatoms. The van der Waals surface area contributed by atoms with Crippen molar-refractivity contribution in [2.45, 2.75) is 73.2 Å². The average Bonchev–Trinajstić information content (AvgIpc) is 3.52. The highest BCUT2D eigenvalue weighted by atomic mass is 79.9. The number of alkyl halides is 1. The average molecular weight is 634 g/mol. The normalized spacial score (nSPS) is 28.4. The van der Waals surface area contributed by atoms with Gasteiger partial charge in [-0.15, -0.1) is 24.9 Å². The topological polar surface area (TPSA) is 87.1 Å². The number of ether oxygens (including phenoxy) is 1. The Hall–Kier alpha value is -2.10. The van der Waals surface area contributed by atoms with Gasteiger partial charge in [-0.25, -0.2) is 0 Å². The number of rotatable bonds is 14. The third kappa shape index (κ3) is 5.66. The van der Waals surface area contributed by atoms with Crippen LogP contribution in [-0.4, -0.2) is 75.0 Å². The molecule has 6 atom stereocenters. The molecule has 1 spiro atoms. The Kier molecular flexibility index (Phi) is 10.2. The Bertz CT molecular complexity index is 1140. The molecule has 218 valence electrons. The zero-order valence-electron chi connectivity index (χ0n) is 23.5. The van der Waals surface area contributed by atoms with Gasteiger partial charge in [0.1, 0.15) is 6.04 Å². The molecule has 0 radical (unpaired) electrons. The molecule has 3 fully saturated rings. The van der Waals surface area contributed by atoms with E-state index in [1.54, 1.807) is 33.7 Å². The summed E-state index contributed by atoms with van der Waals surface area (Å²) in [6.45, 7) is 12.7. The van der Waals surface area contributed by atoms with Crippen molar-refractivity contribution < 1.29 is 24.2 Å². The number of hydrogen-bond acceptors (Lipinski definition) is 6. The summed E-state index contributed by atoms with van der Waals surface area (Å²) >= 11 is 5.44. The number of aliphatic hydroxyl groups excluding tert-OH is 1. The number of esters is 1. The van der Waals surface area contributed by atoms with Crippen LogP contribution in [0.15, 0.2) is 43.5 Å². The van der Waals surface area contributed by atoms with E-state index in [0.29, 0.717) is 32.4 Å². The number of fused-ring (bicyclic) bond motifs is 1. The molecule has 40 heavy (non-hydrogen) atoms. The second kappa shape index (κ2) is 13.3. The summed E-state index contributed by atoms with van der Waals surface area (Å²) in [5.74, 6) is -1.84. The van der Waals surface area contributed by atoms with E-state index in [9.17, 15) is 19.5 Å². The van der Waals surface area contributed by atoms with Gasteiger partial charge in [-0.05, 0) is 56.7 Å². The molecule has 0 saturated carbocycles. The van der Waals surface area contributed by atoms with Crippen molar-refractivity contribution in [3.8, 4) is 0 Å². The highest BCUT2D eigenvalue weighted by Crippen LogP contribution is 2.68. The van der Waals surface area contributed by atoms with Crippen LogP contribution in [0.25, 0.3) is 0 Å². The van der Waals surface area contributed by atoms with E-state index in [4.69, 9.17) is 4.74 Å². The summed E-state index contributed by atoms with van der Waals surface area (Å²) in [7, 11) is 0. The van der Waals surface area contributed by atoms with E-state index < -0.39 is 22.6 Å². The molecular formula is C31H41BrN2O5S. The number of aliphatic hydroxyl groups is 1. The smallest absolute Gasteiger partial charge is 0.310 e. The number of thioether (sulfide) groups is 1. The molecule has 3 saturated heterocycles. The van der Waals surface area contributed by atoms with Gasteiger partial charge in [-0.1, -0.05) is 53.1 Å². The molecular weight excluding hydrogens is 592 g/mol. The zero-order chi connectivity index (χ0) is 29.0. The molecule has 1 aromatic rings. The number of carbonyl (C=O) groups is 3. The number of halogens is 1. The molecule has 0 aromatic heterocycles. The van der Waals surface area contributed by atoms with Crippen LogP contribution in [0.3, 0.4) is 0 Å². The molecule has 2 amide bonds. The monoisotopic (exact) mass is 632 g/mol. The minimum atomic E-state index is -0.725. The second-order valence-electron chi connectivity index (χ2n) is 11.1. The predicted octanol–water partition coefficient (Wildman–Crippen LogP) is 4.96. The lowest BCUT2D eigenvalue weighted by atomic mass is 9.71. The quantitative estimate of drug-likeness (QED) is 0.135. The van der Waals surface area contributed by atoms with E-state index in [1.807, 2.05) is 32.0 Å². The third-order valence-electron chi connectivity index (χ3n) is 8.40. The Labute approximate surface area is 250 Å². The van der Waals surface area contributed by atoms with Crippen LogP contribution in [0.5, 0.6) is 0 Å². The van der Waals surface area contributed by atoms with Gasteiger partial charge in [0, 0.05) is 35.5 Å². The van der Waals surface area contributed by atoms with Crippen LogP contribution in [0.4, 0.5) is 5.69 Å². The van der Waals surface area contributed by atoms with Crippen molar-refractivity contribution in [1.82, 2.24) is 4.90 Å². The number of unbranched alkanes of at least 4 members (excludes halogenated alkanes) is 3. The summed E-state index contributed by atoms with van der Waals surface area (Å²) in [6.07, 6.45) is 7.74. The van der Waals surface area contributed by atoms with Gasteiger partial charge in [0.15, 0.2) is 0 Å². The van der Waals surface area contributed by atoms with Gasteiger partial charge in [0.05, 0.1) is 23.2 Å². The summed E-state index contributed by atoms with van der Waals surface area (Å²) in [5, 5.41) is 9.04. The molecule has 7 nitrogen and oxygen atoms in total. The first-order chi connectivity index (χ1) is 19.2. The summed E-state index contributed by atoms with van der Waals surface area (Å²) in [6, 6.07) is 5.33. The molecule has 0 aliphatic carbocycles. The molecule has 3 aliphatic rings. The molecule has 3 unspecified atom stereocenters. The van der Waals surface area contributed by atoms with E-state index in [2.05, 4.69) is 29.1 Å². The van der Waals surface area contributed by atoms with Crippen molar-refractivity contribution in [2.24, 2.45) is 11.8 Å². The number of nitrogens with zero attached hydrogens (tertiary/aromatic N) is 2. The molecule has 2 bridgehead atoms. The molecule has 3 aliphatic heterocycles. The Morgan fingerprint density at radius 1 is 1.23 bits per heavy atom. The van der Waals surface area contributed by atoms with Crippen molar-refractivity contribution in [1.29, 1.82) is 0 Å². The van der Waals surface area contributed by atoms with Crippen molar-refractivity contribution >= 4 is 51.2 Å². The third-order valence-corrected chi connectivity index (χ3v) is 11.6. The van der Waals surface area contributed by atoms with Crippen LogP contribution < -0.4 is 4.90 Å².